The highest BCUT2D eigenvalue weighted by Crippen LogP contribution is 2.40. The molecule has 0 radical (unpaired) electrons. The molecule has 1 fully saturated rings. The van der Waals surface area contributed by atoms with Gasteiger partial charge in [0.2, 0.25) is 0 Å². The summed E-state index contributed by atoms with van der Waals surface area (Å²) in [5, 5.41) is 5.73. The molecule has 1 unspecified atom stereocenters. The van der Waals surface area contributed by atoms with E-state index >= 15 is 0 Å². The Morgan fingerprint density at radius 1 is 1.37 bits per heavy atom. The number of ether oxygens (including phenoxy) is 1. The van der Waals surface area contributed by atoms with E-state index in [4.69, 9.17) is 4.74 Å². The maximum atomic E-state index is 5.98. The Hall–Kier alpha value is -0.350. The Labute approximate surface area is 129 Å². The molecule has 3 nitrogen and oxygen atoms in total. The number of aryl methyl sites for hydroxylation is 1. The first-order chi connectivity index (χ1) is 9.11. The fourth-order valence-corrected chi connectivity index (χ4v) is 3.51. The van der Waals surface area contributed by atoms with Crippen LogP contribution in [0.25, 0.3) is 10.9 Å². The number of halogens is 1. The van der Waals surface area contributed by atoms with E-state index in [1.165, 1.54) is 23.7 Å². The number of fused-ring (bicyclic) bond motifs is 1. The lowest BCUT2D eigenvalue weighted by Gasteiger charge is -2.12. The van der Waals surface area contributed by atoms with Crippen molar-refractivity contribution in [1.82, 2.24) is 9.55 Å². The first kappa shape index (κ1) is 15.0. The predicted molar refractivity (Wildman–Crippen MR) is 91.8 cm³/mol. The van der Waals surface area contributed by atoms with Crippen molar-refractivity contribution in [3.8, 4) is 5.75 Å². The van der Waals surface area contributed by atoms with Gasteiger partial charge in [0, 0.05) is 5.39 Å². The van der Waals surface area contributed by atoms with Gasteiger partial charge < -0.3 is 4.74 Å². The molecule has 1 atom stereocenters. The molecule has 1 aromatic carbocycles. The summed E-state index contributed by atoms with van der Waals surface area (Å²) in [6.07, 6.45) is 2.97. The highest BCUT2D eigenvalue weighted by molar-refractivity contribution is 14.2. The molecule has 2 aromatic rings. The summed E-state index contributed by atoms with van der Waals surface area (Å²) >= 11 is 2.35. The quantitative estimate of drug-likeness (QED) is 0.539. The summed E-state index contributed by atoms with van der Waals surface area (Å²) in [6, 6.07) is 6.29. The number of aromatic nitrogens is 2. The Bertz CT molecular complexity index is 578. The summed E-state index contributed by atoms with van der Waals surface area (Å²) in [4.78, 5) is 0. The van der Waals surface area contributed by atoms with E-state index in [9.17, 15) is 0 Å². The van der Waals surface area contributed by atoms with Crippen molar-refractivity contribution in [2.75, 3.05) is 0 Å². The lowest BCUT2D eigenvalue weighted by atomic mass is 10.2. The Balaban J connectivity index is 0.000000637. The highest BCUT2D eigenvalue weighted by atomic mass is 127. The normalized spacial score (nSPS) is 16.5. The third kappa shape index (κ3) is 3.22. The molecule has 1 saturated carbocycles. The van der Waals surface area contributed by atoms with E-state index in [1.54, 1.807) is 0 Å². The molecule has 0 bridgehead atoms. The first-order valence-corrected chi connectivity index (χ1v) is 10.7. The minimum atomic E-state index is 0.0859. The molecule has 104 valence electrons. The molecule has 5 heteroatoms. The van der Waals surface area contributed by atoms with Gasteiger partial charge in [-0.05, 0) is 66.9 Å². The van der Waals surface area contributed by atoms with Gasteiger partial charge >= 0.3 is 0 Å². The fourth-order valence-electron chi connectivity index (χ4n) is 1.94. The van der Waals surface area contributed by atoms with Crippen molar-refractivity contribution in [3.63, 3.8) is 0 Å². The van der Waals surface area contributed by atoms with E-state index in [1.807, 2.05) is 18.3 Å². The minimum Gasteiger partial charge on any atom is -0.488 e. The van der Waals surface area contributed by atoms with Crippen LogP contribution >= 0.6 is 28.4 Å². The standard InChI is InChI=1S/C12H14IN2OP.C2H6/c1-8-10-7-9(16-12(2)5-6-12)3-4-11(10)15(14-8)17-13;1-2/h3-4,7,17H,5-6H2,1-2H3;1-2H3. The molecule has 0 aliphatic heterocycles. The third-order valence-electron chi connectivity index (χ3n) is 3.23. The van der Waals surface area contributed by atoms with E-state index in [2.05, 4.69) is 59.2 Å². The van der Waals surface area contributed by atoms with Crippen LogP contribution in [-0.2, 0) is 0 Å². The number of hydrogen-bond donors (Lipinski definition) is 0. The van der Waals surface area contributed by atoms with E-state index in [0.717, 1.165) is 11.4 Å². The maximum absolute atomic E-state index is 5.98. The minimum absolute atomic E-state index is 0.0859. The Morgan fingerprint density at radius 2 is 2.05 bits per heavy atom. The van der Waals surface area contributed by atoms with Crippen LogP contribution in [0, 0.1) is 6.92 Å². The molecule has 19 heavy (non-hydrogen) atoms. The van der Waals surface area contributed by atoms with Crippen LogP contribution in [0.1, 0.15) is 39.3 Å². The first-order valence-electron chi connectivity index (χ1n) is 6.66. The molecule has 1 aliphatic carbocycles. The van der Waals surface area contributed by atoms with Gasteiger partial charge in [-0.3, -0.25) is 0 Å². The van der Waals surface area contributed by atoms with Gasteiger partial charge in [0.1, 0.15) is 11.4 Å². The zero-order chi connectivity index (χ0) is 14.0. The fraction of sp³-hybridized carbons (Fsp3) is 0.500. The van der Waals surface area contributed by atoms with Crippen molar-refractivity contribution in [1.29, 1.82) is 0 Å². The van der Waals surface area contributed by atoms with Crippen LogP contribution in [-0.4, -0.2) is 15.2 Å². The molecular formula is C14H20IN2OP. The smallest absolute Gasteiger partial charge is 0.120 e. The van der Waals surface area contributed by atoms with Crippen molar-refractivity contribution < 1.29 is 4.74 Å². The number of rotatable bonds is 3. The Kier molecular flexibility index (Phi) is 4.72. The largest absolute Gasteiger partial charge is 0.488 e. The van der Waals surface area contributed by atoms with Gasteiger partial charge in [-0.25, -0.2) is 4.45 Å². The summed E-state index contributed by atoms with van der Waals surface area (Å²) in [5.41, 5.74) is 2.36. The maximum Gasteiger partial charge on any atom is 0.120 e. The zero-order valence-electron chi connectivity index (χ0n) is 11.8. The molecule has 0 N–H and O–H groups in total. The van der Waals surface area contributed by atoms with Gasteiger partial charge in [-0.1, -0.05) is 13.8 Å². The molecule has 0 saturated heterocycles. The highest BCUT2D eigenvalue weighted by Gasteiger charge is 2.40. The van der Waals surface area contributed by atoms with E-state index < -0.39 is 0 Å². The second kappa shape index (κ2) is 5.96. The van der Waals surface area contributed by atoms with Crippen molar-refractivity contribution in [2.45, 2.75) is 46.1 Å². The van der Waals surface area contributed by atoms with Gasteiger partial charge in [0.05, 0.1) is 17.6 Å². The van der Waals surface area contributed by atoms with Crippen molar-refractivity contribution in [3.05, 3.63) is 23.9 Å². The SMILES string of the molecule is CC.Cc1nn(PI)c2ccc(OC3(C)CC3)cc12. The van der Waals surface area contributed by atoms with Crippen LogP contribution < -0.4 is 4.74 Å². The predicted octanol–water partition coefficient (Wildman–Crippen LogP) is 5.09. The van der Waals surface area contributed by atoms with E-state index in [-0.39, 0.29) is 5.60 Å². The molecule has 1 aliphatic rings. The molecule has 0 spiro atoms. The van der Waals surface area contributed by atoms with Crippen LogP contribution in [0.2, 0.25) is 0 Å². The molecule has 3 rings (SSSR count). The topological polar surface area (TPSA) is 27.1 Å². The summed E-state index contributed by atoms with van der Waals surface area (Å²) in [7, 11) is 0. The average Bonchev–Trinajstić information content (AvgIpc) is 3.06. The van der Waals surface area contributed by atoms with Gasteiger partial charge in [-0.2, -0.15) is 5.10 Å². The van der Waals surface area contributed by atoms with Crippen molar-refractivity contribution >= 4 is 39.3 Å². The zero-order valence-corrected chi connectivity index (χ0v) is 15.0. The van der Waals surface area contributed by atoms with Crippen LogP contribution in [0.15, 0.2) is 18.2 Å². The molecule has 1 heterocycles. The monoisotopic (exact) mass is 390 g/mol. The molecule has 1 aromatic heterocycles. The van der Waals surface area contributed by atoms with Gasteiger partial charge in [-0.15, -0.1) is 0 Å². The summed E-state index contributed by atoms with van der Waals surface area (Å²) < 4.78 is 8.03. The van der Waals surface area contributed by atoms with Crippen LogP contribution in [0.5, 0.6) is 5.75 Å². The lowest BCUT2D eigenvalue weighted by Crippen LogP contribution is -2.11. The van der Waals surface area contributed by atoms with Crippen LogP contribution in [0.4, 0.5) is 0 Å². The number of benzene rings is 1. The lowest BCUT2D eigenvalue weighted by molar-refractivity contribution is 0.200. The van der Waals surface area contributed by atoms with E-state index in [0.29, 0.717) is 6.37 Å². The summed E-state index contributed by atoms with van der Waals surface area (Å²) in [6.45, 7) is 8.22. The Morgan fingerprint density at radius 3 is 2.63 bits per heavy atom. The number of nitrogens with zero attached hydrogens (tertiary/aromatic N) is 2. The van der Waals surface area contributed by atoms with Crippen LogP contribution in [0.3, 0.4) is 0 Å². The average molecular weight is 390 g/mol. The molecule has 0 amide bonds. The second-order valence-electron chi connectivity index (χ2n) is 4.81. The van der Waals surface area contributed by atoms with Gasteiger partial charge in [0.25, 0.3) is 0 Å². The molecular weight excluding hydrogens is 370 g/mol. The summed E-state index contributed by atoms with van der Waals surface area (Å²) in [5.74, 6) is 0.969. The third-order valence-corrected chi connectivity index (χ3v) is 5.11. The van der Waals surface area contributed by atoms with Crippen molar-refractivity contribution in [2.24, 2.45) is 0 Å². The number of hydrogen-bond acceptors (Lipinski definition) is 2. The second-order valence-corrected chi connectivity index (χ2v) is 6.85. The van der Waals surface area contributed by atoms with Gasteiger partial charge in [0.15, 0.2) is 0 Å².